The lowest BCUT2D eigenvalue weighted by Gasteiger charge is -2.15. The first kappa shape index (κ1) is 19.2. The quantitative estimate of drug-likeness (QED) is 0.538. The van der Waals surface area contributed by atoms with Gasteiger partial charge in [0, 0.05) is 29.8 Å². The highest BCUT2D eigenvalue weighted by Crippen LogP contribution is 2.39. The molecular weight excluding hydrogens is 357 g/mol. The van der Waals surface area contributed by atoms with Crippen LogP contribution in [0.5, 0.6) is 5.88 Å². The standard InChI is InChI=1S/C16H17F3N2O3S/c1-3-9-23-15(22)11-5-4-6-13(25-16(17,18)19)12(11)10-24-14-7-8-21(2)20-14/h4-8H,3,9-10H2,1-2H3. The van der Waals surface area contributed by atoms with E-state index >= 15 is 0 Å². The Morgan fingerprint density at radius 3 is 2.68 bits per heavy atom. The third kappa shape index (κ3) is 5.70. The van der Waals surface area contributed by atoms with Crippen molar-refractivity contribution in [2.24, 2.45) is 7.05 Å². The number of alkyl halides is 3. The van der Waals surface area contributed by atoms with Gasteiger partial charge in [-0.25, -0.2) is 4.79 Å². The van der Waals surface area contributed by atoms with E-state index in [-0.39, 0.29) is 46.9 Å². The first-order valence-electron chi connectivity index (χ1n) is 7.47. The van der Waals surface area contributed by atoms with E-state index < -0.39 is 11.5 Å². The molecule has 0 aliphatic rings. The fourth-order valence-electron chi connectivity index (χ4n) is 2.02. The van der Waals surface area contributed by atoms with E-state index in [0.717, 1.165) is 0 Å². The molecule has 136 valence electrons. The van der Waals surface area contributed by atoms with Crippen LogP contribution in [0, 0.1) is 0 Å². The third-order valence-corrected chi connectivity index (χ3v) is 3.90. The molecule has 1 aromatic heterocycles. The van der Waals surface area contributed by atoms with Crippen LogP contribution >= 0.6 is 11.8 Å². The molecule has 0 fully saturated rings. The highest BCUT2D eigenvalue weighted by atomic mass is 32.2. The molecule has 9 heteroatoms. The second kappa shape index (κ2) is 8.28. The Hall–Kier alpha value is -2.16. The molecule has 0 amide bonds. The molecule has 0 aliphatic carbocycles. The molecule has 1 heterocycles. The molecule has 0 N–H and O–H groups in total. The summed E-state index contributed by atoms with van der Waals surface area (Å²) in [4.78, 5) is 12.1. The summed E-state index contributed by atoms with van der Waals surface area (Å²) < 4.78 is 50.4. The number of esters is 1. The summed E-state index contributed by atoms with van der Waals surface area (Å²) in [7, 11) is 1.69. The zero-order valence-electron chi connectivity index (χ0n) is 13.7. The minimum absolute atomic E-state index is 0.0543. The topological polar surface area (TPSA) is 53.4 Å². The molecule has 0 aliphatic heterocycles. The molecule has 5 nitrogen and oxygen atoms in total. The summed E-state index contributed by atoms with van der Waals surface area (Å²) in [5.41, 5.74) is -4.30. The molecule has 0 radical (unpaired) electrons. The monoisotopic (exact) mass is 374 g/mol. The minimum atomic E-state index is -4.48. The number of hydrogen-bond acceptors (Lipinski definition) is 5. The van der Waals surface area contributed by atoms with Crippen molar-refractivity contribution in [3.8, 4) is 5.88 Å². The van der Waals surface area contributed by atoms with Crippen LogP contribution in [0.25, 0.3) is 0 Å². The first-order valence-corrected chi connectivity index (χ1v) is 8.29. The average molecular weight is 374 g/mol. The number of aryl methyl sites for hydroxylation is 1. The van der Waals surface area contributed by atoms with Gasteiger partial charge in [-0.2, -0.15) is 13.2 Å². The van der Waals surface area contributed by atoms with E-state index in [9.17, 15) is 18.0 Å². The van der Waals surface area contributed by atoms with Crippen LogP contribution in [0.15, 0.2) is 35.4 Å². The number of halogens is 3. The number of ether oxygens (including phenoxy) is 2. The van der Waals surface area contributed by atoms with E-state index in [1.165, 1.54) is 22.9 Å². The summed E-state index contributed by atoms with van der Waals surface area (Å²) in [6, 6.07) is 5.69. The number of benzene rings is 1. The van der Waals surface area contributed by atoms with Gasteiger partial charge in [-0.15, -0.1) is 5.10 Å². The summed E-state index contributed by atoms with van der Waals surface area (Å²) in [5, 5.41) is 4.00. The highest BCUT2D eigenvalue weighted by Gasteiger charge is 2.31. The highest BCUT2D eigenvalue weighted by molar-refractivity contribution is 8.00. The van der Waals surface area contributed by atoms with Gasteiger partial charge in [-0.3, -0.25) is 4.68 Å². The van der Waals surface area contributed by atoms with Gasteiger partial charge in [0.2, 0.25) is 5.88 Å². The van der Waals surface area contributed by atoms with Gasteiger partial charge < -0.3 is 9.47 Å². The average Bonchev–Trinajstić information content (AvgIpc) is 2.95. The predicted octanol–water partition coefficient (Wildman–Crippen LogP) is 4.18. The fourth-order valence-corrected chi connectivity index (χ4v) is 2.70. The molecular formula is C16H17F3N2O3S. The maximum atomic E-state index is 12.8. The van der Waals surface area contributed by atoms with E-state index in [1.807, 2.05) is 6.92 Å². The second-order valence-corrected chi connectivity index (χ2v) is 6.19. The predicted molar refractivity (Wildman–Crippen MR) is 86.5 cm³/mol. The summed E-state index contributed by atoms with van der Waals surface area (Å²) >= 11 is -0.290. The van der Waals surface area contributed by atoms with Crippen molar-refractivity contribution >= 4 is 17.7 Å². The van der Waals surface area contributed by atoms with Crippen LogP contribution in [0.2, 0.25) is 0 Å². The van der Waals surface area contributed by atoms with Crippen molar-refractivity contribution in [2.75, 3.05) is 6.61 Å². The lowest BCUT2D eigenvalue weighted by atomic mass is 10.1. The molecule has 0 atom stereocenters. The van der Waals surface area contributed by atoms with Gasteiger partial charge in [0.1, 0.15) is 6.61 Å². The Morgan fingerprint density at radius 1 is 1.32 bits per heavy atom. The fraction of sp³-hybridized carbons (Fsp3) is 0.375. The van der Waals surface area contributed by atoms with Gasteiger partial charge in [-0.1, -0.05) is 13.0 Å². The normalized spacial score (nSPS) is 11.4. The zero-order valence-corrected chi connectivity index (χ0v) is 14.5. The largest absolute Gasteiger partial charge is 0.472 e. The van der Waals surface area contributed by atoms with Crippen molar-refractivity contribution < 1.29 is 27.4 Å². The second-order valence-electron chi connectivity index (χ2n) is 5.08. The first-order chi connectivity index (χ1) is 11.8. The maximum Gasteiger partial charge on any atom is 0.446 e. The van der Waals surface area contributed by atoms with E-state index in [2.05, 4.69) is 5.10 Å². The number of thioether (sulfide) groups is 1. The molecule has 0 bridgehead atoms. The van der Waals surface area contributed by atoms with E-state index in [1.54, 1.807) is 19.3 Å². The Kier molecular flexibility index (Phi) is 6.35. The molecule has 0 unspecified atom stereocenters. The van der Waals surface area contributed by atoms with Crippen LogP contribution in [0.4, 0.5) is 13.2 Å². The van der Waals surface area contributed by atoms with Gasteiger partial charge in [0.25, 0.3) is 0 Å². The number of rotatable bonds is 7. The van der Waals surface area contributed by atoms with Crippen LogP contribution in [0.1, 0.15) is 29.3 Å². The molecule has 25 heavy (non-hydrogen) atoms. The van der Waals surface area contributed by atoms with Crippen LogP contribution in [-0.2, 0) is 18.4 Å². The van der Waals surface area contributed by atoms with Crippen molar-refractivity contribution in [3.05, 3.63) is 41.6 Å². The van der Waals surface area contributed by atoms with Crippen LogP contribution in [-0.4, -0.2) is 27.9 Å². The molecule has 1 aromatic carbocycles. The van der Waals surface area contributed by atoms with Crippen molar-refractivity contribution in [2.45, 2.75) is 30.4 Å². The summed E-state index contributed by atoms with van der Waals surface area (Å²) in [6.45, 7) is 1.79. The summed E-state index contributed by atoms with van der Waals surface area (Å²) in [5.74, 6) is -0.423. The molecule has 0 spiro atoms. The maximum absolute atomic E-state index is 12.8. The smallest absolute Gasteiger partial charge is 0.446 e. The zero-order chi connectivity index (χ0) is 18.4. The number of aromatic nitrogens is 2. The molecule has 0 saturated heterocycles. The number of hydrogen-bond donors (Lipinski definition) is 0. The van der Waals surface area contributed by atoms with Crippen molar-refractivity contribution in [1.29, 1.82) is 0 Å². The Labute approximate surface area is 147 Å². The number of carbonyl (C=O) groups is 1. The van der Waals surface area contributed by atoms with Gasteiger partial charge >= 0.3 is 11.5 Å². The number of carbonyl (C=O) groups excluding carboxylic acids is 1. The van der Waals surface area contributed by atoms with Gasteiger partial charge in [0.15, 0.2) is 0 Å². The minimum Gasteiger partial charge on any atom is -0.472 e. The lowest BCUT2D eigenvalue weighted by Crippen LogP contribution is -2.13. The van der Waals surface area contributed by atoms with Gasteiger partial charge in [0.05, 0.1) is 12.2 Å². The Bertz CT molecular complexity index is 732. The van der Waals surface area contributed by atoms with Crippen molar-refractivity contribution in [1.82, 2.24) is 9.78 Å². The number of nitrogens with zero attached hydrogens (tertiary/aromatic N) is 2. The van der Waals surface area contributed by atoms with Gasteiger partial charge in [-0.05, 0) is 30.3 Å². The SMILES string of the molecule is CCCOC(=O)c1cccc(SC(F)(F)F)c1COc1ccn(C)n1. The van der Waals surface area contributed by atoms with Crippen LogP contribution < -0.4 is 4.74 Å². The Morgan fingerprint density at radius 2 is 2.08 bits per heavy atom. The molecule has 2 rings (SSSR count). The Balaban J connectivity index is 2.30. The molecule has 2 aromatic rings. The third-order valence-electron chi connectivity index (χ3n) is 3.07. The van der Waals surface area contributed by atoms with Crippen LogP contribution in [0.3, 0.4) is 0 Å². The molecule has 0 saturated carbocycles. The van der Waals surface area contributed by atoms with E-state index in [4.69, 9.17) is 9.47 Å². The summed E-state index contributed by atoms with van der Waals surface area (Å²) in [6.07, 6.45) is 2.25. The van der Waals surface area contributed by atoms with E-state index in [0.29, 0.717) is 6.42 Å². The lowest BCUT2D eigenvalue weighted by molar-refractivity contribution is -0.0328. The van der Waals surface area contributed by atoms with Crippen molar-refractivity contribution in [3.63, 3.8) is 0 Å².